The van der Waals surface area contributed by atoms with Crippen LogP contribution in [0.5, 0.6) is 0 Å². The highest BCUT2D eigenvalue weighted by atomic mass is 32.2. The number of rotatable bonds is 19. The summed E-state index contributed by atoms with van der Waals surface area (Å²) >= 11 is 2.84. The van der Waals surface area contributed by atoms with E-state index in [2.05, 4.69) is 51.5 Å². The number of aromatic nitrogens is 2. The molecule has 0 saturated heterocycles. The molecule has 6 nitrogen and oxygen atoms in total. The monoisotopic (exact) mass is 505 g/mol. The first-order valence-electron chi connectivity index (χ1n) is 13.0. The van der Waals surface area contributed by atoms with Gasteiger partial charge in [0.25, 0.3) is 0 Å². The van der Waals surface area contributed by atoms with Gasteiger partial charge in [0, 0.05) is 23.8 Å². The summed E-state index contributed by atoms with van der Waals surface area (Å²) in [5.41, 5.74) is 6.83. The lowest BCUT2D eigenvalue weighted by Gasteiger charge is -2.18. The van der Waals surface area contributed by atoms with Crippen molar-refractivity contribution in [2.75, 3.05) is 12.0 Å². The summed E-state index contributed by atoms with van der Waals surface area (Å²) in [6, 6.07) is 10.0. The smallest absolute Gasteiger partial charge is 0.333 e. The average molecular weight is 506 g/mol. The summed E-state index contributed by atoms with van der Waals surface area (Å²) in [5, 5.41) is 4.35. The molecule has 34 heavy (non-hydrogen) atoms. The van der Waals surface area contributed by atoms with E-state index in [9.17, 15) is 4.79 Å². The fourth-order valence-electron chi connectivity index (χ4n) is 3.85. The number of thioether (sulfide) groups is 1. The van der Waals surface area contributed by atoms with Gasteiger partial charge in [-0.05, 0) is 24.3 Å². The van der Waals surface area contributed by atoms with Crippen molar-refractivity contribution in [3.05, 3.63) is 35.9 Å². The minimum atomic E-state index is -0.213. The molecule has 1 aromatic heterocycles. The zero-order valence-corrected chi connectivity index (χ0v) is 22.6. The topological polar surface area (TPSA) is 78.9 Å². The highest BCUT2D eigenvalue weighted by Gasteiger charge is 2.11. The van der Waals surface area contributed by atoms with Crippen LogP contribution < -0.4 is 16.2 Å². The number of benzene rings is 1. The zero-order chi connectivity index (χ0) is 24.3. The Labute approximate surface area is 214 Å². The molecule has 2 aromatic rings. The lowest BCUT2D eigenvalue weighted by Crippen LogP contribution is -2.41. The quantitative estimate of drug-likeness (QED) is 0.103. The normalized spacial score (nSPS) is 11.8. The molecule has 3 N–H and O–H groups in total. The van der Waals surface area contributed by atoms with E-state index in [0.717, 1.165) is 12.3 Å². The first kappa shape index (κ1) is 28.4. The number of carbonyl (C=O) groups is 1. The third-order valence-electron chi connectivity index (χ3n) is 5.88. The van der Waals surface area contributed by atoms with Crippen molar-refractivity contribution in [1.82, 2.24) is 20.1 Å². The van der Waals surface area contributed by atoms with Gasteiger partial charge in [0.05, 0.1) is 0 Å². The highest BCUT2D eigenvalue weighted by Crippen LogP contribution is 2.23. The van der Waals surface area contributed by atoms with Crippen LogP contribution in [0.3, 0.4) is 0 Å². The van der Waals surface area contributed by atoms with Crippen molar-refractivity contribution in [2.24, 2.45) is 5.92 Å². The SMILES string of the molecule is CCCCCCCCC(CCCCCC)CNC(=O)NNc1nc(SCc2ccccc2)ns1. The van der Waals surface area contributed by atoms with Crippen molar-refractivity contribution >= 4 is 34.5 Å². The molecule has 2 amide bonds. The summed E-state index contributed by atoms with van der Waals surface area (Å²) in [6.45, 7) is 5.23. The summed E-state index contributed by atoms with van der Waals surface area (Å²) in [4.78, 5) is 16.8. The number of amides is 2. The van der Waals surface area contributed by atoms with E-state index in [1.54, 1.807) is 11.8 Å². The number of hydrazine groups is 1. The first-order valence-corrected chi connectivity index (χ1v) is 14.8. The van der Waals surface area contributed by atoms with Crippen LogP contribution in [0.25, 0.3) is 0 Å². The van der Waals surface area contributed by atoms with Crippen molar-refractivity contribution in [3.8, 4) is 0 Å². The van der Waals surface area contributed by atoms with Crippen molar-refractivity contribution in [1.29, 1.82) is 0 Å². The van der Waals surface area contributed by atoms with Gasteiger partial charge in [-0.1, -0.05) is 120 Å². The molecule has 0 spiro atoms. The van der Waals surface area contributed by atoms with Crippen LogP contribution in [0, 0.1) is 5.92 Å². The second-order valence-corrected chi connectivity index (χ2v) is 10.6. The number of hydrogen-bond donors (Lipinski definition) is 3. The molecule has 0 saturated carbocycles. The minimum absolute atomic E-state index is 0.213. The molecule has 1 aromatic carbocycles. The van der Waals surface area contributed by atoms with E-state index < -0.39 is 0 Å². The van der Waals surface area contributed by atoms with Crippen LogP contribution in [-0.4, -0.2) is 21.9 Å². The molecule has 0 fully saturated rings. The summed E-state index contributed by atoms with van der Waals surface area (Å²) in [7, 11) is 0. The number of anilines is 1. The standard InChI is InChI=1S/C26H43N5OS2/c1-3-5-7-9-10-13-17-22(16-12-8-6-4-2)20-27-24(32)29-30-25-28-26(31-34-25)33-21-23-18-14-11-15-19-23/h11,14-15,18-19,22H,3-10,12-13,16-17,20-21H2,1-2H3,(H2,27,29,32)(H,28,30,31). The molecule has 1 atom stereocenters. The molecule has 0 aliphatic heterocycles. The number of urea groups is 1. The number of carbonyl (C=O) groups excluding carboxylic acids is 1. The van der Waals surface area contributed by atoms with E-state index in [1.165, 1.54) is 94.1 Å². The van der Waals surface area contributed by atoms with Crippen molar-refractivity contribution in [3.63, 3.8) is 0 Å². The Bertz CT molecular complexity index is 772. The number of hydrogen-bond acceptors (Lipinski definition) is 6. The Balaban J connectivity index is 1.66. The van der Waals surface area contributed by atoms with Gasteiger partial charge in [0.2, 0.25) is 10.3 Å². The summed E-state index contributed by atoms with van der Waals surface area (Å²) in [6.07, 6.45) is 15.4. The maximum Gasteiger partial charge on any atom is 0.333 e. The number of nitrogens with zero attached hydrogens (tertiary/aromatic N) is 2. The fraction of sp³-hybridized carbons (Fsp3) is 0.654. The highest BCUT2D eigenvalue weighted by molar-refractivity contribution is 7.98. The zero-order valence-electron chi connectivity index (χ0n) is 21.0. The Morgan fingerprint density at radius 2 is 1.59 bits per heavy atom. The van der Waals surface area contributed by atoms with Gasteiger partial charge in [-0.2, -0.15) is 9.36 Å². The van der Waals surface area contributed by atoms with Crippen LogP contribution in [0.4, 0.5) is 9.93 Å². The molecular weight excluding hydrogens is 462 g/mol. The molecule has 1 unspecified atom stereocenters. The van der Waals surface area contributed by atoms with E-state index in [0.29, 0.717) is 16.2 Å². The van der Waals surface area contributed by atoms with E-state index in [4.69, 9.17) is 0 Å². The van der Waals surface area contributed by atoms with Gasteiger partial charge in [0.15, 0.2) is 0 Å². The molecule has 8 heteroatoms. The predicted molar refractivity (Wildman–Crippen MR) is 146 cm³/mol. The van der Waals surface area contributed by atoms with Crippen LogP contribution >= 0.6 is 23.3 Å². The van der Waals surface area contributed by atoms with Gasteiger partial charge >= 0.3 is 6.03 Å². The largest absolute Gasteiger partial charge is 0.336 e. The third-order valence-corrected chi connectivity index (χ3v) is 7.55. The maximum absolute atomic E-state index is 12.3. The van der Waals surface area contributed by atoms with Gasteiger partial charge in [-0.3, -0.25) is 5.43 Å². The van der Waals surface area contributed by atoms with Gasteiger partial charge in [0.1, 0.15) is 0 Å². The molecule has 2 rings (SSSR count). The molecule has 0 radical (unpaired) electrons. The second-order valence-electron chi connectivity index (χ2n) is 8.89. The summed E-state index contributed by atoms with van der Waals surface area (Å²) < 4.78 is 4.35. The second kappa shape index (κ2) is 18.5. The first-order chi connectivity index (χ1) is 16.7. The maximum atomic E-state index is 12.3. The summed E-state index contributed by atoms with van der Waals surface area (Å²) in [5.74, 6) is 1.37. The van der Waals surface area contributed by atoms with Crippen LogP contribution in [0.2, 0.25) is 0 Å². The molecule has 0 bridgehead atoms. The fourth-order valence-corrected chi connectivity index (χ4v) is 5.31. The predicted octanol–water partition coefficient (Wildman–Crippen LogP) is 7.79. The number of nitrogens with one attached hydrogen (secondary N) is 3. The van der Waals surface area contributed by atoms with Crippen LogP contribution in [0.1, 0.15) is 96.5 Å². The molecule has 190 valence electrons. The van der Waals surface area contributed by atoms with Crippen LogP contribution in [-0.2, 0) is 5.75 Å². The van der Waals surface area contributed by atoms with E-state index >= 15 is 0 Å². The van der Waals surface area contributed by atoms with Gasteiger partial charge < -0.3 is 5.32 Å². The van der Waals surface area contributed by atoms with Gasteiger partial charge in [-0.15, -0.1) is 0 Å². The lowest BCUT2D eigenvalue weighted by atomic mass is 9.94. The Hall–Kier alpha value is -1.80. The molecule has 0 aliphatic carbocycles. The minimum Gasteiger partial charge on any atom is -0.336 e. The lowest BCUT2D eigenvalue weighted by molar-refractivity contribution is 0.239. The Kier molecular flexibility index (Phi) is 15.5. The van der Waals surface area contributed by atoms with Gasteiger partial charge in [-0.25, -0.2) is 10.2 Å². The van der Waals surface area contributed by atoms with E-state index in [1.807, 2.05) is 18.2 Å². The van der Waals surface area contributed by atoms with Crippen molar-refractivity contribution in [2.45, 2.75) is 102 Å². The van der Waals surface area contributed by atoms with Crippen LogP contribution in [0.15, 0.2) is 35.5 Å². The molecular formula is C26H43N5OS2. The number of unbranched alkanes of at least 4 members (excludes halogenated alkanes) is 8. The van der Waals surface area contributed by atoms with E-state index in [-0.39, 0.29) is 6.03 Å². The van der Waals surface area contributed by atoms with Crippen molar-refractivity contribution < 1.29 is 4.79 Å². The molecule has 0 aliphatic rings. The third kappa shape index (κ3) is 13.2. The molecule has 1 heterocycles. The Morgan fingerprint density at radius 1 is 0.941 bits per heavy atom. The Morgan fingerprint density at radius 3 is 2.29 bits per heavy atom. The average Bonchev–Trinajstić information content (AvgIpc) is 3.32.